The normalized spacial score (nSPS) is 6.08. The topological polar surface area (TPSA) is 57.5 Å². The highest BCUT2D eigenvalue weighted by Gasteiger charge is 1.78. The summed E-state index contributed by atoms with van der Waals surface area (Å²) < 4.78 is 0. The quantitative estimate of drug-likeness (QED) is 0.509. The zero-order chi connectivity index (χ0) is 9.23. The molecule has 0 amide bonds. The smallest absolute Gasteiger partial charge is 0.382 e. The first-order valence-electron chi connectivity index (χ1n) is 3.10. The van der Waals surface area contributed by atoms with E-state index in [0.29, 0.717) is 6.42 Å². The van der Waals surface area contributed by atoms with Crippen LogP contribution in [-0.4, -0.2) is 22.8 Å². The molecule has 0 aliphatic carbocycles. The Bertz CT molecular complexity index is 322. The maximum Gasteiger partial charge on any atom is 0.382 e. The third-order valence-corrected chi connectivity index (χ3v) is 0.682. The third kappa shape index (κ3) is 8.11. The van der Waals surface area contributed by atoms with Gasteiger partial charge in [-0.1, -0.05) is 5.92 Å². The largest absolute Gasteiger partial charge is 0.472 e. The molecule has 0 aliphatic rings. The van der Waals surface area contributed by atoms with E-state index in [1.54, 1.807) is 0 Å². The van der Waals surface area contributed by atoms with Crippen LogP contribution in [0.5, 0.6) is 0 Å². The molecule has 0 rings (SSSR count). The third-order valence-electron chi connectivity index (χ3n) is 0.682. The first-order chi connectivity index (χ1) is 5.77. The van der Waals surface area contributed by atoms with Crippen molar-refractivity contribution in [3.8, 4) is 35.5 Å². The maximum absolute atomic E-state index is 9.82. The number of carboxylic acids is 1. The van der Waals surface area contributed by atoms with E-state index in [9.17, 15) is 4.79 Å². The van der Waals surface area contributed by atoms with Crippen molar-refractivity contribution >= 4 is 5.97 Å². The van der Waals surface area contributed by atoms with Crippen LogP contribution in [0.1, 0.15) is 6.42 Å². The summed E-state index contributed by atoms with van der Waals surface area (Å²) in [5, 5.41) is 16.3. The molecule has 0 aromatic rings. The Kier molecular flexibility index (Phi) is 6.08. The molecule has 0 heterocycles. The Hall–Kier alpha value is -1.89. The second kappa shape index (κ2) is 7.22. The van der Waals surface area contributed by atoms with Gasteiger partial charge in [0, 0.05) is 12.3 Å². The van der Waals surface area contributed by atoms with Crippen LogP contribution in [0.25, 0.3) is 0 Å². The van der Waals surface area contributed by atoms with Gasteiger partial charge in [0.2, 0.25) is 0 Å². The average Bonchev–Trinajstić information content (AvgIpc) is 2.02. The number of rotatable bonds is 1. The highest BCUT2D eigenvalue weighted by Crippen LogP contribution is 1.67. The SMILES string of the molecule is O=C(O)C#CC#CC#CCCO. The molecule has 0 fully saturated rings. The lowest BCUT2D eigenvalue weighted by molar-refractivity contribution is -0.130. The van der Waals surface area contributed by atoms with Crippen molar-refractivity contribution in [1.82, 2.24) is 0 Å². The second-order valence-electron chi connectivity index (χ2n) is 1.58. The van der Waals surface area contributed by atoms with Crippen LogP contribution in [0, 0.1) is 35.5 Å². The Morgan fingerprint density at radius 3 is 2.42 bits per heavy atom. The van der Waals surface area contributed by atoms with E-state index in [1.165, 1.54) is 0 Å². The van der Waals surface area contributed by atoms with E-state index >= 15 is 0 Å². The van der Waals surface area contributed by atoms with Crippen molar-refractivity contribution in [2.45, 2.75) is 6.42 Å². The summed E-state index contributed by atoms with van der Waals surface area (Å²) in [6.07, 6.45) is 0.362. The van der Waals surface area contributed by atoms with Crippen molar-refractivity contribution in [2.75, 3.05) is 6.61 Å². The van der Waals surface area contributed by atoms with Gasteiger partial charge in [-0.15, -0.1) is 0 Å². The van der Waals surface area contributed by atoms with Gasteiger partial charge in [0.15, 0.2) is 0 Å². The molecule has 0 aliphatic heterocycles. The van der Waals surface area contributed by atoms with Crippen molar-refractivity contribution in [3.63, 3.8) is 0 Å². The molecule has 3 heteroatoms. The fraction of sp³-hybridized carbons (Fsp3) is 0.222. The van der Waals surface area contributed by atoms with E-state index in [0.717, 1.165) is 0 Å². The molecule has 0 aromatic carbocycles. The molecule has 2 N–H and O–H groups in total. The van der Waals surface area contributed by atoms with Gasteiger partial charge in [-0.05, 0) is 23.7 Å². The minimum Gasteiger partial charge on any atom is -0.472 e. The molecule has 0 bridgehead atoms. The van der Waals surface area contributed by atoms with Gasteiger partial charge in [0.05, 0.1) is 6.61 Å². The van der Waals surface area contributed by atoms with Crippen LogP contribution >= 0.6 is 0 Å². The molecule has 60 valence electrons. The van der Waals surface area contributed by atoms with Crippen LogP contribution in [-0.2, 0) is 4.79 Å². The van der Waals surface area contributed by atoms with E-state index < -0.39 is 5.97 Å². The molecular formula is C9H6O3. The maximum atomic E-state index is 9.82. The molecule has 0 aromatic heterocycles. The first kappa shape index (κ1) is 10.1. The monoisotopic (exact) mass is 162 g/mol. The summed E-state index contributed by atoms with van der Waals surface area (Å²) in [5.41, 5.74) is 0. The second-order valence-corrected chi connectivity index (χ2v) is 1.58. The van der Waals surface area contributed by atoms with Crippen LogP contribution in [0.15, 0.2) is 0 Å². The summed E-state index contributed by atoms with van der Waals surface area (Å²) in [4.78, 5) is 9.82. The van der Waals surface area contributed by atoms with E-state index in [-0.39, 0.29) is 6.61 Å². The van der Waals surface area contributed by atoms with Crippen LogP contribution in [0.2, 0.25) is 0 Å². The lowest BCUT2D eigenvalue weighted by atomic mass is 10.4. The number of aliphatic hydroxyl groups excluding tert-OH is 1. The Morgan fingerprint density at radius 1 is 1.17 bits per heavy atom. The standard InChI is InChI=1S/C9H6O3/c10-8-6-4-2-1-3-5-7-9(11)12/h10H,6,8H2,(H,11,12). The zero-order valence-corrected chi connectivity index (χ0v) is 6.22. The van der Waals surface area contributed by atoms with Gasteiger partial charge in [-0.3, -0.25) is 0 Å². The predicted octanol–water partition coefficient (Wildman–Crippen LogP) is -0.536. The van der Waals surface area contributed by atoms with Crippen LogP contribution in [0.3, 0.4) is 0 Å². The van der Waals surface area contributed by atoms with Crippen molar-refractivity contribution in [1.29, 1.82) is 0 Å². The van der Waals surface area contributed by atoms with Crippen molar-refractivity contribution in [3.05, 3.63) is 0 Å². The molecule has 12 heavy (non-hydrogen) atoms. The molecule has 0 atom stereocenters. The fourth-order valence-corrected chi connectivity index (χ4v) is 0.310. The van der Waals surface area contributed by atoms with E-state index in [2.05, 4.69) is 29.6 Å². The lowest BCUT2D eigenvalue weighted by Crippen LogP contribution is -1.85. The van der Waals surface area contributed by atoms with Crippen LogP contribution < -0.4 is 0 Å². The predicted molar refractivity (Wildman–Crippen MR) is 42.7 cm³/mol. The molecule has 0 unspecified atom stereocenters. The number of aliphatic carboxylic acids is 1. The van der Waals surface area contributed by atoms with E-state index in [4.69, 9.17) is 10.2 Å². The van der Waals surface area contributed by atoms with Gasteiger partial charge in [-0.2, -0.15) is 0 Å². The first-order valence-corrected chi connectivity index (χ1v) is 3.10. The lowest BCUT2D eigenvalue weighted by Gasteiger charge is -1.72. The summed E-state index contributed by atoms with van der Waals surface area (Å²) in [6.45, 7) is -0.00448. The number of carbonyl (C=O) groups is 1. The molecule has 3 nitrogen and oxygen atoms in total. The highest BCUT2D eigenvalue weighted by molar-refractivity contribution is 5.87. The molecular weight excluding hydrogens is 156 g/mol. The number of aliphatic hydroxyl groups is 1. The van der Waals surface area contributed by atoms with Crippen molar-refractivity contribution in [2.24, 2.45) is 0 Å². The highest BCUT2D eigenvalue weighted by atomic mass is 16.4. The van der Waals surface area contributed by atoms with E-state index in [1.807, 2.05) is 5.92 Å². The summed E-state index contributed by atoms with van der Waals surface area (Å²) in [6, 6.07) is 0. The van der Waals surface area contributed by atoms with Gasteiger partial charge >= 0.3 is 5.97 Å². The number of hydrogen-bond donors (Lipinski definition) is 2. The minimum absolute atomic E-state index is 0.00448. The van der Waals surface area contributed by atoms with Gasteiger partial charge in [0.25, 0.3) is 0 Å². The average molecular weight is 162 g/mol. The zero-order valence-electron chi connectivity index (χ0n) is 6.22. The number of hydrogen-bond acceptors (Lipinski definition) is 2. The Labute approximate surface area is 70.4 Å². The summed E-state index contributed by atoms with van der Waals surface area (Å²) in [5.74, 6) is 12.2. The number of carboxylic acid groups (broad SMARTS) is 1. The van der Waals surface area contributed by atoms with Gasteiger partial charge in [0.1, 0.15) is 0 Å². The van der Waals surface area contributed by atoms with Crippen molar-refractivity contribution < 1.29 is 15.0 Å². The molecule has 0 saturated heterocycles. The van der Waals surface area contributed by atoms with Gasteiger partial charge < -0.3 is 10.2 Å². The Balaban J connectivity index is 3.87. The molecule has 0 radical (unpaired) electrons. The van der Waals surface area contributed by atoms with Crippen LogP contribution in [0.4, 0.5) is 0 Å². The fourth-order valence-electron chi connectivity index (χ4n) is 0.310. The summed E-state index contributed by atoms with van der Waals surface area (Å²) >= 11 is 0. The summed E-state index contributed by atoms with van der Waals surface area (Å²) in [7, 11) is 0. The molecule has 0 saturated carbocycles. The Morgan fingerprint density at radius 2 is 1.83 bits per heavy atom. The minimum atomic E-state index is -1.22. The van der Waals surface area contributed by atoms with Gasteiger partial charge in [-0.25, -0.2) is 4.79 Å². The molecule has 0 spiro atoms.